The van der Waals surface area contributed by atoms with Crippen LogP contribution in [0.3, 0.4) is 0 Å². The fourth-order valence-electron chi connectivity index (χ4n) is 19.2. The SMILES string of the molecule is CC1=CC(C)(C)Nc2ccc3c(c21)C(O)Oc1cccc(C)c1-3.CC1=CC(C)(C)Nc2ccc3c(c21)c(=O)oc1cccc(C)c13.Cc1cc([N+](=O)[O-])ccc1-c1c(C)cccc1C.Cc1cc([N+](=O)[O-])ccc1Br.Cc1cccc(C)c1.Cc1cccc(C)c1B(O)O.Cc1cccc2oc(=O)c3cc(N)ccc3c12.Cc1cccc2oc(=O)c3cc([N+](=O)[O-])ccc3c12.O=c1oc2cccc(O)c2c2ccc([N+](=O)[O-])cc12. The molecule has 30 heteroatoms. The first-order valence-corrected chi connectivity index (χ1v) is 48.3. The van der Waals surface area contributed by atoms with Gasteiger partial charge in [-0.15, -0.1) is 0 Å². The Bertz CT molecular complexity index is 8720. The maximum atomic E-state index is 12.7. The van der Waals surface area contributed by atoms with Crippen molar-refractivity contribution in [3.63, 3.8) is 0 Å². The zero-order chi connectivity index (χ0) is 108. The van der Waals surface area contributed by atoms with Gasteiger partial charge in [-0.1, -0.05) is 184 Å². The third kappa shape index (κ3) is 23.8. The van der Waals surface area contributed by atoms with Gasteiger partial charge in [-0.3, -0.25) is 40.5 Å². The summed E-state index contributed by atoms with van der Waals surface area (Å²) < 4.78 is 27.9. The van der Waals surface area contributed by atoms with Crippen LogP contribution in [0.1, 0.15) is 131 Å². The molecule has 0 amide bonds. The molecule has 0 aliphatic carbocycles. The highest BCUT2D eigenvalue weighted by Gasteiger charge is 2.35. The number of hydrogen-bond acceptors (Lipinski definition) is 24. The lowest BCUT2D eigenvalue weighted by Crippen LogP contribution is -2.34. The Hall–Kier alpha value is -17.3. The number of rotatable bonds is 6. The average Bonchev–Trinajstić information content (AvgIpc) is 0.730. The number of aliphatic hydroxyl groups excluding tert-OH is 1. The van der Waals surface area contributed by atoms with E-state index in [-0.39, 0.29) is 72.1 Å². The number of non-ortho nitro benzene ring substituents is 4. The fourth-order valence-corrected chi connectivity index (χ4v) is 19.4. The number of aromatic hydroxyl groups is 1. The van der Waals surface area contributed by atoms with Crippen molar-refractivity contribution < 1.29 is 62.4 Å². The number of ether oxygens (including phenoxy) is 1. The largest absolute Gasteiger partial charge is 0.507 e. The van der Waals surface area contributed by atoms with Crippen molar-refractivity contribution in [3.8, 4) is 33.8 Å². The molecular weight excluding hydrogens is 1950 g/mol. The number of phenols is 1. The topological polar surface area (TPSA) is 434 Å². The number of aliphatic hydroxyl groups is 1. The molecule has 0 radical (unpaired) electrons. The van der Waals surface area contributed by atoms with Crippen LogP contribution in [0.4, 0.5) is 39.8 Å². The van der Waals surface area contributed by atoms with Gasteiger partial charge in [-0.05, 0) is 287 Å². The smallest absolute Gasteiger partial charge is 0.488 e. The number of phenolic OH excluding ortho intramolecular Hbond substituents is 1. The molecule has 4 aromatic heterocycles. The second-order valence-electron chi connectivity index (χ2n) is 38.0. The molecule has 0 saturated heterocycles. The number of fused-ring (bicyclic) bond motifs is 19. The van der Waals surface area contributed by atoms with Gasteiger partial charge in [-0.2, -0.15) is 0 Å². The quantitative estimate of drug-likeness (QED) is 0.0203. The highest BCUT2D eigenvalue weighted by atomic mass is 79.9. The molecule has 19 aromatic rings. The van der Waals surface area contributed by atoms with Gasteiger partial charge in [-0.25, -0.2) is 19.2 Å². The lowest BCUT2D eigenvalue weighted by molar-refractivity contribution is -0.385. The first-order chi connectivity index (χ1) is 70.6. The van der Waals surface area contributed by atoms with Gasteiger partial charge < -0.3 is 59.0 Å². The Morgan fingerprint density at radius 3 is 1.17 bits per heavy atom. The average molecular weight is 2060 g/mol. The van der Waals surface area contributed by atoms with Gasteiger partial charge in [0.25, 0.3) is 22.7 Å². The molecule has 28 nitrogen and oxygen atoms in total. The van der Waals surface area contributed by atoms with Crippen LogP contribution in [0.25, 0.3) is 120 Å². The van der Waals surface area contributed by atoms with E-state index in [1.807, 2.05) is 139 Å². The predicted octanol–water partition coefficient (Wildman–Crippen LogP) is 27.2. The fraction of sp³-hybridized carbons (Fsp3) is 0.176. The normalized spacial score (nSPS) is 12.9. The molecule has 1 unspecified atom stereocenters. The number of nitro benzene ring substituents is 4. The van der Waals surface area contributed by atoms with Gasteiger partial charge in [0.15, 0.2) is 0 Å². The molecule has 756 valence electrons. The van der Waals surface area contributed by atoms with E-state index in [2.05, 4.69) is 176 Å². The van der Waals surface area contributed by atoms with Crippen LogP contribution in [0.15, 0.2) is 320 Å². The molecule has 3 aliphatic heterocycles. The maximum absolute atomic E-state index is 12.7. The molecule has 0 spiro atoms. The van der Waals surface area contributed by atoms with Crippen LogP contribution in [0.2, 0.25) is 0 Å². The van der Waals surface area contributed by atoms with E-state index in [9.17, 15) is 69.8 Å². The molecule has 0 saturated carbocycles. The number of nitrogens with two attached hydrogens (primary N) is 1. The second-order valence-corrected chi connectivity index (χ2v) is 38.9. The van der Waals surface area contributed by atoms with Crippen molar-refractivity contribution in [2.24, 2.45) is 0 Å². The molecule has 8 N–H and O–H groups in total. The number of allylic oxidation sites excluding steroid dienone is 2. The van der Waals surface area contributed by atoms with Crippen molar-refractivity contribution in [3.05, 3.63) is 449 Å². The third-order valence-electron chi connectivity index (χ3n) is 25.7. The number of nitrogens with one attached hydrogen (secondary N) is 2. The number of nitrogens with zero attached hydrogens (tertiary/aromatic N) is 4. The summed E-state index contributed by atoms with van der Waals surface area (Å²) in [6, 6.07) is 79.1. The number of anilines is 3. The van der Waals surface area contributed by atoms with E-state index in [1.165, 1.54) is 75.9 Å². The third-order valence-corrected chi connectivity index (χ3v) is 26.6. The van der Waals surface area contributed by atoms with Gasteiger partial charge in [0.05, 0.1) is 57.7 Å². The molecule has 0 fully saturated rings. The predicted molar refractivity (Wildman–Crippen MR) is 598 cm³/mol. The Morgan fingerprint density at radius 2 is 0.711 bits per heavy atom. The molecule has 22 rings (SSSR count). The molecule has 1 atom stereocenters. The summed E-state index contributed by atoms with van der Waals surface area (Å²) in [4.78, 5) is 88.8. The number of aryl methyl sites for hydroxylation is 12. The summed E-state index contributed by atoms with van der Waals surface area (Å²) in [5, 5.41) is 95.5. The number of benzene rings is 15. The number of nitrogen functional groups attached to an aromatic ring is 1. The Morgan fingerprint density at radius 1 is 0.349 bits per heavy atom. The molecular formula is C119H109BBrN7O21. The zero-order valence-corrected chi connectivity index (χ0v) is 86.8. The van der Waals surface area contributed by atoms with E-state index in [1.54, 1.807) is 66.7 Å². The van der Waals surface area contributed by atoms with Crippen LogP contribution < -0.4 is 49.1 Å². The van der Waals surface area contributed by atoms with Crippen LogP contribution >= 0.6 is 15.9 Å². The maximum Gasteiger partial charge on any atom is 0.488 e. The number of hydrogen-bond donors (Lipinski definition) is 7. The van der Waals surface area contributed by atoms with Gasteiger partial charge in [0.1, 0.15) is 33.8 Å². The highest BCUT2D eigenvalue weighted by molar-refractivity contribution is 9.10. The van der Waals surface area contributed by atoms with Gasteiger partial charge in [0, 0.05) is 130 Å². The molecule has 0 bridgehead atoms. The minimum Gasteiger partial charge on any atom is -0.507 e. The van der Waals surface area contributed by atoms with Crippen LogP contribution in [0.5, 0.6) is 11.5 Å². The van der Waals surface area contributed by atoms with Crippen molar-refractivity contribution in [1.82, 2.24) is 0 Å². The number of nitro groups is 4. The summed E-state index contributed by atoms with van der Waals surface area (Å²) >= 11 is 3.26. The lowest BCUT2D eigenvalue weighted by Gasteiger charge is -2.36. The Labute approximate surface area is 864 Å². The zero-order valence-electron chi connectivity index (χ0n) is 85.2. The molecule has 149 heavy (non-hydrogen) atoms. The molecule has 7 heterocycles. The Kier molecular flexibility index (Phi) is 32.2. The van der Waals surface area contributed by atoms with Crippen molar-refractivity contribution in [2.45, 2.75) is 142 Å². The Balaban J connectivity index is 0.000000134. The number of halogens is 1. The van der Waals surface area contributed by atoms with Crippen LogP contribution in [-0.4, -0.2) is 58.2 Å². The highest BCUT2D eigenvalue weighted by Crippen LogP contribution is 2.50. The van der Waals surface area contributed by atoms with E-state index in [0.29, 0.717) is 54.8 Å². The van der Waals surface area contributed by atoms with Crippen LogP contribution in [0, 0.1) is 124 Å². The lowest BCUT2D eigenvalue weighted by atomic mass is 9.74. The summed E-state index contributed by atoms with van der Waals surface area (Å²) in [5.74, 6) is 0.704. The van der Waals surface area contributed by atoms with Crippen molar-refractivity contribution in [1.29, 1.82) is 0 Å². The molecule has 15 aromatic carbocycles. The van der Waals surface area contributed by atoms with Crippen molar-refractivity contribution >= 4 is 166 Å². The van der Waals surface area contributed by atoms with E-state index >= 15 is 0 Å². The summed E-state index contributed by atoms with van der Waals surface area (Å²) in [6.07, 6.45) is 3.42. The minimum atomic E-state index is -1.35. The standard InChI is InChI=1S/C20H21NO2.C20H19NO2.C15H15NO2.C14H9NO4.C14H11NO2.C13H7NO5.C8H11BO2.C8H10.C7H6BrNO2/c2*1-11-6-5-7-15-16(11)13-8-9-14-17(18(13)19(22)23-15)12(2)10-20(3,4)21-14;1-10-5-4-6-11(2)15(10)14-8-7-13(16(17)18)9-12(14)3;1-8-3-2-4-12-13(8)10-6-5-9(15(17)18)7-11(10)14(16)19-12;1-8-3-2-4-12-13(8)10-6-5-9(15)7-11(10)14(16)17-12;15-10-2-1-3-11-12(10)8-5-4-7(14(17)18)6-9(8)13(16)19-11;1-6-4-3-5-7(2)8(6)9(10)11;1-7-4-3-5-8(2)6-7;1-5-4-6(9(10)11)2-3-7(5)8/h5-10,19,21-22H,1-4H3;5-10,21H,1-4H3;4-9H,1-3H3;2-7H,1H3;2-7H,15H2,1H3;1-6,15H;3-5,10-11H,1-2H3;3-6H,1-2H3;2-4H,1H3. The van der Waals surface area contributed by atoms with E-state index in [4.69, 9.17) is 38.2 Å². The first kappa shape index (κ1) is 107. The summed E-state index contributed by atoms with van der Waals surface area (Å²) in [5.41, 5.74) is 31.3. The van der Waals surface area contributed by atoms with E-state index in [0.717, 1.165) is 138 Å². The minimum absolute atomic E-state index is 0.0416. The van der Waals surface area contributed by atoms with Gasteiger partial charge >= 0.3 is 29.6 Å². The monoisotopic (exact) mass is 2060 g/mol. The van der Waals surface area contributed by atoms with Gasteiger partial charge in [0.2, 0.25) is 6.29 Å². The van der Waals surface area contributed by atoms with Crippen molar-refractivity contribution in [2.75, 3.05) is 16.4 Å². The molecule has 3 aliphatic rings. The van der Waals surface area contributed by atoms with Crippen LogP contribution in [-0.2, 0) is 0 Å². The van der Waals surface area contributed by atoms with E-state index < -0.39 is 39.4 Å². The second kappa shape index (κ2) is 44.7. The summed E-state index contributed by atoms with van der Waals surface area (Å²) in [7, 11) is -1.35. The summed E-state index contributed by atoms with van der Waals surface area (Å²) in [6.45, 7) is 36.5. The first-order valence-electron chi connectivity index (χ1n) is 47.5.